The van der Waals surface area contributed by atoms with Crippen molar-refractivity contribution in [3.05, 3.63) is 35.5 Å². The molecule has 0 radical (unpaired) electrons. The Kier molecular flexibility index (Phi) is 3.28. The SMILES string of the molecule is COC(=O)[C@@]12c3[nH]c4ccccc4c3CCN3CC1C[C@@H](CCO)C32. The largest absolute Gasteiger partial charge is 0.468 e. The lowest BCUT2D eigenvalue weighted by atomic mass is 9.73. The number of nitrogens with zero attached hydrogens (tertiary/aromatic N) is 1. The van der Waals surface area contributed by atoms with E-state index in [1.165, 1.54) is 18.1 Å². The van der Waals surface area contributed by atoms with Crippen LogP contribution in [-0.2, 0) is 21.4 Å². The molecule has 1 aliphatic carbocycles. The molecule has 5 atom stereocenters. The maximum absolute atomic E-state index is 13.2. The van der Waals surface area contributed by atoms with Gasteiger partial charge in [-0.25, -0.2) is 0 Å². The van der Waals surface area contributed by atoms with E-state index in [0.29, 0.717) is 5.92 Å². The Morgan fingerprint density at radius 1 is 1.44 bits per heavy atom. The lowest BCUT2D eigenvalue weighted by Crippen LogP contribution is -2.49. The first kappa shape index (κ1) is 15.4. The van der Waals surface area contributed by atoms with Gasteiger partial charge >= 0.3 is 5.97 Å². The molecule has 3 heterocycles. The fourth-order valence-corrected chi connectivity index (χ4v) is 6.15. The minimum atomic E-state index is -0.612. The van der Waals surface area contributed by atoms with Crippen molar-refractivity contribution in [1.82, 2.24) is 9.88 Å². The molecule has 1 aromatic carbocycles. The summed E-state index contributed by atoms with van der Waals surface area (Å²) >= 11 is 0. The third-order valence-electron chi connectivity index (χ3n) is 6.89. The van der Waals surface area contributed by atoms with E-state index >= 15 is 0 Å². The zero-order valence-corrected chi connectivity index (χ0v) is 14.5. The highest BCUT2D eigenvalue weighted by Crippen LogP contribution is 2.59. The average Bonchev–Trinajstić information content (AvgIpc) is 3.21. The van der Waals surface area contributed by atoms with Crippen molar-refractivity contribution in [3.8, 4) is 0 Å². The Morgan fingerprint density at radius 3 is 3.08 bits per heavy atom. The van der Waals surface area contributed by atoms with E-state index in [2.05, 4.69) is 28.1 Å². The molecule has 5 heteroatoms. The second-order valence-electron chi connectivity index (χ2n) is 7.78. The molecule has 5 rings (SSSR count). The second-order valence-corrected chi connectivity index (χ2v) is 7.78. The normalized spacial score (nSPS) is 35.6. The summed E-state index contributed by atoms with van der Waals surface area (Å²) in [5, 5.41) is 10.8. The van der Waals surface area contributed by atoms with Crippen molar-refractivity contribution < 1.29 is 14.6 Å². The minimum absolute atomic E-state index is 0.111. The Labute approximate surface area is 147 Å². The summed E-state index contributed by atoms with van der Waals surface area (Å²) in [6.07, 6.45) is 2.70. The molecule has 2 aromatic rings. The monoisotopic (exact) mass is 340 g/mol. The molecule has 4 bridgehead atoms. The maximum atomic E-state index is 13.2. The molecule has 0 amide bonds. The van der Waals surface area contributed by atoms with E-state index < -0.39 is 5.41 Å². The van der Waals surface area contributed by atoms with Crippen molar-refractivity contribution >= 4 is 16.9 Å². The number of hydrogen-bond acceptors (Lipinski definition) is 4. The Bertz CT molecular complexity index is 845. The molecule has 1 aromatic heterocycles. The first-order valence-corrected chi connectivity index (χ1v) is 9.25. The number of carbonyl (C=O) groups excluding carboxylic acids is 1. The highest BCUT2D eigenvalue weighted by molar-refractivity contribution is 5.92. The number of methoxy groups -OCH3 is 1. The van der Waals surface area contributed by atoms with Gasteiger partial charge in [0.25, 0.3) is 0 Å². The van der Waals surface area contributed by atoms with Crippen LogP contribution in [0.4, 0.5) is 0 Å². The van der Waals surface area contributed by atoms with Crippen LogP contribution in [0.2, 0.25) is 0 Å². The number of piperidine rings is 1. The standard InChI is InChI=1S/C20H24N2O3/c1-25-19(24)20-13-10-12(7-9-23)18(20)22(11-13)8-6-15-14-4-2-3-5-16(14)21-17(15)20/h2-5,12-13,18,21,23H,6-11H2,1H3/t12-,13?,18?,20-/m1/s1. The number of benzene rings is 1. The molecule has 2 aliphatic heterocycles. The molecule has 3 unspecified atom stereocenters. The van der Waals surface area contributed by atoms with E-state index in [0.717, 1.165) is 43.6 Å². The first-order chi connectivity index (χ1) is 12.2. The van der Waals surface area contributed by atoms with E-state index in [1.807, 2.05) is 6.07 Å². The molecule has 2 N–H and O–H groups in total. The molecule has 5 nitrogen and oxygen atoms in total. The van der Waals surface area contributed by atoms with Crippen molar-refractivity contribution in [3.63, 3.8) is 0 Å². The Morgan fingerprint density at radius 2 is 2.28 bits per heavy atom. The molecule has 0 spiro atoms. The number of ether oxygens (including phenoxy) is 1. The van der Waals surface area contributed by atoms with Gasteiger partial charge in [0.2, 0.25) is 0 Å². The van der Waals surface area contributed by atoms with Gasteiger partial charge in [0.05, 0.1) is 7.11 Å². The van der Waals surface area contributed by atoms with E-state index in [-0.39, 0.29) is 24.5 Å². The van der Waals surface area contributed by atoms with Crippen molar-refractivity contribution in [1.29, 1.82) is 0 Å². The second kappa shape index (κ2) is 5.32. The summed E-state index contributed by atoms with van der Waals surface area (Å²) < 4.78 is 5.38. The number of nitrogens with one attached hydrogen (secondary N) is 1. The third kappa shape index (κ3) is 1.78. The summed E-state index contributed by atoms with van der Waals surface area (Å²) in [5.74, 6) is 0.494. The number of carbonyl (C=O) groups is 1. The van der Waals surface area contributed by atoms with Crippen LogP contribution in [0.15, 0.2) is 24.3 Å². The predicted octanol–water partition coefficient (Wildman–Crippen LogP) is 1.84. The minimum Gasteiger partial charge on any atom is -0.468 e. The van der Waals surface area contributed by atoms with Gasteiger partial charge < -0.3 is 14.8 Å². The number of aromatic nitrogens is 1. The average molecular weight is 340 g/mol. The van der Waals surface area contributed by atoms with Crippen LogP contribution in [0.5, 0.6) is 0 Å². The summed E-state index contributed by atoms with van der Waals surface area (Å²) in [4.78, 5) is 19.3. The number of aliphatic hydroxyl groups excluding tert-OH is 1. The van der Waals surface area contributed by atoms with Crippen LogP contribution in [0.25, 0.3) is 10.9 Å². The summed E-state index contributed by atoms with van der Waals surface area (Å²) in [7, 11) is 1.51. The van der Waals surface area contributed by atoms with Crippen LogP contribution in [0.1, 0.15) is 24.1 Å². The van der Waals surface area contributed by atoms with Crippen LogP contribution in [0.3, 0.4) is 0 Å². The van der Waals surface area contributed by atoms with Gasteiger partial charge in [-0.05, 0) is 42.7 Å². The van der Waals surface area contributed by atoms with Crippen LogP contribution < -0.4 is 0 Å². The zero-order valence-electron chi connectivity index (χ0n) is 14.5. The fourth-order valence-electron chi connectivity index (χ4n) is 6.15. The molecular formula is C20H24N2O3. The van der Waals surface area contributed by atoms with Crippen LogP contribution in [-0.4, -0.2) is 53.8 Å². The van der Waals surface area contributed by atoms with Gasteiger partial charge in [0.15, 0.2) is 0 Å². The van der Waals surface area contributed by atoms with Gasteiger partial charge in [-0.3, -0.25) is 9.69 Å². The summed E-state index contributed by atoms with van der Waals surface area (Å²) in [6, 6.07) is 8.47. The number of H-pyrrole nitrogens is 1. The number of hydrogen-bond donors (Lipinski definition) is 2. The maximum Gasteiger partial charge on any atom is 0.319 e. The van der Waals surface area contributed by atoms with Gasteiger partial charge in [0.1, 0.15) is 5.41 Å². The smallest absolute Gasteiger partial charge is 0.319 e. The lowest BCUT2D eigenvalue weighted by molar-refractivity contribution is -0.149. The van der Waals surface area contributed by atoms with Crippen molar-refractivity contribution in [2.24, 2.45) is 11.8 Å². The third-order valence-corrected chi connectivity index (χ3v) is 6.89. The Hall–Kier alpha value is -1.85. The van der Waals surface area contributed by atoms with E-state index in [4.69, 9.17) is 4.74 Å². The summed E-state index contributed by atoms with van der Waals surface area (Å²) in [5.41, 5.74) is 2.85. The van der Waals surface area contributed by atoms with Gasteiger partial charge in [-0.1, -0.05) is 18.2 Å². The van der Waals surface area contributed by atoms with E-state index in [9.17, 15) is 9.90 Å². The highest BCUT2D eigenvalue weighted by atomic mass is 16.5. The molecule has 1 saturated carbocycles. The molecule has 3 aliphatic rings. The van der Waals surface area contributed by atoms with Crippen molar-refractivity contribution in [2.45, 2.75) is 30.7 Å². The topological polar surface area (TPSA) is 65.6 Å². The van der Waals surface area contributed by atoms with Gasteiger partial charge in [-0.2, -0.15) is 0 Å². The fraction of sp³-hybridized carbons (Fsp3) is 0.550. The van der Waals surface area contributed by atoms with E-state index in [1.54, 1.807) is 0 Å². The van der Waals surface area contributed by atoms with Crippen molar-refractivity contribution in [2.75, 3.05) is 26.8 Å². The molecule has 2 fully saturated rings. The predicted molar refractivity (Wildman–Crippen MR) is 94.4 cm³/mol. The zero-order chi connectivity index (χ0) is 17.2. The number of rotatable bonds is 3. The molecular weight excluding hydrogens is 316 g/mol. The Balaban J connectivity index is 1.78. The highest BCUT2D eigenvalue weighted by Gasteiger charge is 2.69. The quantitative estimate of drug-likeness (QED) is 0.837. The van der Waals surface area contributed by atoms with Crippen LogP contribution in [0, 0.1) is 11.8 Å². The molecule has 132 valence electrons. The number of fused-ring (bicyclic) bond motifs is 3. The lowest BCUT2D eigenvalue weighted by Gasteiger charge is -2.35. The van der Waals surface area contributed by atoms with Gasteiger partial charge in [0, 0.05) is 42.3 Å². The molecule has 25 heavy (non-hydrogen) atoms. The van der Waals surface area contributed by atoms with Gasteiger partial charge in [-0.15, -0.1) is 0 Å². The molecule has 1 saturated heterocycles. The first-order valence-electron chi connectivity index (χ1n) is 9.25. The van der Waals surface area contributed by atoms with Crippen LogP contribution >= 0.6 is 0 Å². The number of para-hydroxylation sites is 1. The number of esters is 1. The number of aromatic amines is 1. The number of aliphatic hydroxyl groups is 1. The summed E-state index contributed by atoms with van der Waals surface area (Å²) in [6.45, 7) is 2.10.